The zero-order valence-electron chi connectivity index (χ0n) is 10.2. The fraction of sp³-hybridized carbons (Fsp3) is 0.0769. The van der Waals surface area contributed by atoms with Crippen LogP contribution in [0.15, 0.2) is 47.4 Å². The summed E-state index contributed by atoms with van der Waals surface area (Å²) in [6.07, 6.45) is 0. The predicted octanol–water partition coefficient (Wildman–Crippen LogP) is 3.29. The summed E-state index contributed by atoms with van der Waals surface area (Å²) in [5.74, 6) is 0. The van der Waals surface area contributed by atoms with Crippen molar-refractivity contribution in [1.82, 2.24) is 0 Å². The van der Waals surface area contributed by atoms with Crippen LogP contribution >= 0.6 is 23.2 Å². The maximum atomic E-state index is 12.2. The number of halogens is 2. The SMILES string of the molecule is O=S(=O)(Nc1ccc(Cl)cc1Cl)c1cccc(CO)c1. The number of sulfonamides is 1. The van der Waals surface area contributed by atoms with Gasteiger partial charge < -0.3 is 5.11 Å². The molecule has 106 valence electrons. The Bertz CT molecular complexity index is 732. The molecule has 0 aromatic heterocycles. The molecule has 0 heterocycles. The molecule has 0 aliphatic rings. The van der Waals surface area contributed by atoms with Crippen molar-refractivity contribution in [3.63, 3.8) is 0 Å². The highest BCUT2D eigenvalue weighted by Gasteiger charge is 2.16. The van der Waals surface area contributed by atoms with E-state index in [9.17, 15) is 8.42 Å². The summed E-state index contributed by atoms with van der Waals surface area (Å²) >= 11 is 11.7. The summed E-state index contributed by atoms with van der Waals surface area (Å²) in [6.45, 7) is -0.231. The first-order chi connectivity index (χ1) is 9.42. The minimum atomic E-state index is -3.77. The summed E-state index contributed by atoms with van der Waals surface area (Å²) in [5.41, 5.74) is 0.751. The lowest BCUT2D eigenvalue weighted by atomic mass is 10.2. The lowest BCUT2D eigenvalue weighted by Crippen LogP contribution is -2.13. The van der Waals surface area contributed by atoms with Gasteiger partial charge in [0.1, 0.15) is 0 Å². The Morgan fingerprint density at radius 3 is 2.50 bits per heavy atom. The molecule has 2 N–H and O–H groups in total. The molecule has 0 saturated heterocycles. The second-order valence-electron chi connectivity index (χ2n) is 4.04. The van der Waals surface area contributed by atoms with Crippen LogP contribution in [-0.4, -0.2) is 13.5 Å². The number of aliphatic hydroxyl groups is 1. The monoisotopic (exact) mass is 331 g/mol. The van der Waals surface area contributed by atoms with Crippen LogP contribution in [0.1, 0.15) is 5.56 Å². The van der Waals surface area contributed by atoms with Crippen LogP contribution in [0.4, 0.5) is 5.69 Å². The summed E-state index contributed by atoms with van der Waals surface area (Å²) in [6, 6.07) is 10.5. The maximum Gasteiger partial charge on any atom is 0.261 e. The number of hydrogen-bond acceptors (Lipinski definition) is 3. The maximum absolute atomic E-state index is 12.2. The molecule has 0 atom stereocenters. The summed E-state index contributed by atoms with van der Waals surface area (Å²) in [5, 5.41) is 9.67. The van der Waals surface area contributed by atoms with Crippen LogP contribution in [0.5, 0.6) is 0 Å². The second kappa shape index (κ2) is 6.01. The van der Waals surface area contributed by atoms with E-state index in [1.807, 2.05) is 0 Å². The Hall–Kier alpha value is -1.27. The van der Waals surface area contributed by atoms with E-state index < -0.39 is 10.0 Å². The van der Waals surface area contributed by atoms with E-state index in [4.69, 9.17) is 28.3 Å². The van der Waals surface area contributed by atoms with E-state index in [1.54, 1.807) is 12.1 Å². The van der Waals surface area contributed by atoms with E-state index in [0.29, 0.717) is 10.6 Å². The topological polar surface area (TPSA) is 66.4 Å². The van der Waals surface area contributed by atoms with E-state index in [1.165, 1.54) is 30.3 Å². The lowest BCUT2D eigenvalue weighted by molar-refractivity contribution is 0.281. The van der Waals surface area contributed by atoms with Gasteiger partial charge in [-0.05, 0) is 35.9 Å². The summed E-state index contributed by atoms with van der Waals surface area (Å²) in [7, 11) is -3.77. The molecule has 0 amide bonds. The summed E-state index contributed by atoms with van der Waals surface area (Å²) in [4.78, 5) is 0.0510. The smallest absolute Gasteiger partial charge is 0.261 e. The Labute approximate surface area is 127 Å². The molecule has 20 heavy (non-hydrogen) atoms. The number of aliphatic hydroxyl groups excluding tert-OH is 1. The van der Waals surface area contributed by atoms with Gasteiger partial charge in [0.25, 0.3) is 10.0 Å². The fourth-order valence-corrected chi connectivity index (χ4v) is 3.25. The summed E-state index contributed by atoms with van der Waals surface area (Å²) < 4.78 is 26.8. The van der Waals surface area contributed by atoms with Crippen LogP contribution in [0, 0.1) is 0 Å². The Morgan fingerprint density at radius 2 is 1.85 bits per heavy atom. The van der Waals surface area contributed by atoms with Gasteiger partial charge in [0.05, 0.1) is 22.2 Å². The number of anilines is 1. The molecule has 0 spiro atoms. The Morgan fingerprint density at radius 1 is 1.10 bits per heavy atom. The van der Waals surface area contributed by atoms with Crippen LogP contribution in [0.25, 0.3) is 0 Å². The van der Waals surface area contributed by atoms with Crippen molar-refractivity contribution in [2.45, 2.75) is 11.5 Å². The van der Waals surface area contributed by atoms with Gasteiger partial charge in [-0.15, -0.1) is 0 Å². The first kappa shape index (κ1) is 15.1. The van der Waals surface area contributed by atoms with E-state index in [2.05, 4.69) is 4.72 Å². The second-order valence-corrected chi connectivity index (χ2v) is 6.56. The molecule has 0 radical (unpaired) electrons. The first-order valence-corrected chi connectivity index (χ1v) is 7.84. The lowest BCUT2D eigenvalue weighted by Gasteiger charge is -2.10. The highest BCUT2D eigenvalue weighted by atomic mass is 35.5. The van der Waals surface area contributed by atoms with Gasteiger partial charge in [0.15, 0.2) is 0 Å². The normalized spacial score (nSPS) is 11.3. The molecule has 0 aliphatic carbocycles. The van der Waals surface area contributed by atoms with Gasteiger partial charge in [0, 0.05) is 5.02 Å². The molecule has 0 aliphatic heterocycles. The number of benzene rings is 2. The van der Waals surface area contributed by atoms with Gasteiger partial charge >= 0.3 is 0 Å². The minimum Gasteiger partial charge on any atom is -0.392 e. The quantitative estimate of drug-likeness (QED) is 0.903. The first-order valence-electron chi connectivity index (χ1n) is 5.60. The molecule has 0 bridgehead atoms. The van der Waals surface area contributed by atoms with Crippen LogP contribution in [-0.2, 0) is 16.6 Å². The largest absolute Gasteiger partial charge is 0.392 e. The molecule has 2 rings (SSSR count). The van der Waals surface area contributed by atoms with Crippen LogP contribution in [0.2, 0.25) is 10.0 Å². The minimum absolute atomic E-state index is 0.0510. The Kier molecular flexibility index (Phi) is 4.55. The highest BCUT2D eigenvalue weighted by Crippen LogP contribution is 2.27. The van der Waals surface area contributed by atoms with Crippen LogP contribution in [0.3, 0.4) is 0 Å². The average molecular weight is 332 g/mol. The van der Waals surface area contributed by atoms with Crippen molar-refractivity contribution in [1.29, 1.82) is 0 Å². The van der Waals surface area contributed by atoms with E-state index >= 15 is 0 Å². The average Bonchev–Trinajstić information content (AvgIpc) is 2.42. The van der Waals surface area contributed by atoms with Crippen molar-refractivity contribution < 1.29 is 13.5 Å². The number of hydrogen-bond donors (Lipinski definition) is 2. The van der Waals surface area contributed by atoms with Gasteiger partial charge in [-0.25, -0.2) is 8.42 Å². The highest BCUT2D eigenvalue weighted by molar-refractivity contribution is 7.92. The van der Waals surface area contributed by atoms with Gasteiger partial charge in [-0.3, -0.25) is 4.72 Å². The van der Waals surface area contributed by atoms with Crippen molar-refractivity contribution in [3.05, 3.63) is 58.1 Å². The molecule has 2 aromatic carbocycles. The molecule has 2 aromatic rings. The van der Waals surface area contributed by atoms with Crippen molar-refractivity contribution in [2.24, 2.45) is 0 Å². The Balaban J connectivity index is 2.35. The van der Waals surface area contributed by atoms with Crippen LogP contribution < -0.4 is 4.72 Å². The third kappa shape index (κ3) is 3.43. The van der Waals surface area contributed by atoms with E-state index in [0.717, 1.165) is 0 Å². The molecule has 0 saturated carbocycles. The molecule has 0 unspecified atom stereocenters. The van der Waals surface area contributed by atoms with Gasteiger partial charge in [0.2, 0.25) is 0 Å². The molecular weight excluding hydrogens is 321 g/mol. The zero-order valence-corrected chi connectivity index (χ0v) is 12.5. The third-order valence-electron chi connectivity index (χ3n) is 2.57. The van der Waals surface area contributed by atoms with Crippen molar-refractivity contribution in [3.8, 4) is 0 Å². The number of nitrogens with one attached hydrogen (secondary N) is 1. The fourth-order valence-electron chi connectivity index (χ4n) is 1.59. The predicted molar refractivity (Wildman–Crippen MR) is 79.6 cm³/mol. The zero-order chi connectivity index (χ0) is 14.8. The molecule has 7 heteroatoms. The van der Waals surface area contributed by atoms with Crippen molar-refractivity contribution >= 4 is 38.9 Å². The van der Waals surface area contributed by atoms with E-state index in [-0.39, 0.29) is 22.2 Å². The molecule has 0 fully saturated rings. The van der Waals surface area contributed by atoms with Crippen molar-refractivity contribution in [2.75, 3.05) is 4.72 Å². The molecular formula is C13H11Cl2NO3S. The standard InChI is InChI=1S/C13H11Cl2NO3S/c14-10-4-5-13(12(15)7-10)16-20(18,19)11-3-1-2-9(6-11)8-17/h1-7,16-17H,8H2. The number of rotatable bonds is 4. The third-order valence-corrected chi connectivity index (χ3v) is 4.48. The molecule has 4 nitrogen and oxygen atoms in total. The van der Waals surface area contributed by atoms with Gasteiger partial charge in [-0.2, -0.15) is 0 Å². The van der Waals surface area contributed by atoms with Gasteiger partial charge in [-0.1, -0.05) is 35.3 Å².